The van der Waals surface area contributed by atoms with Gasteiger partial charge in [0.25, 0.3) is 0 Å². The fourth-order valence-corrected chi connectivity index (χ4v) is 2.76. The molecular weight excluding hydrogens is 382 g/mol. The Bertz CT molecular complexity index is 778. The molecule has 25 heavy (non-hydrogen) atoms. The first kappa shape index (κ1) is 19.4. The van der Waals surface area contributed by atoms with Gasteiger partial charge in [0, 0.05) is 30.6 Å². The zero-order valence-electron chi connectivity index (χ0n) is 15.0. The number of aromatic nitrogens is 5. The number of nitrogens with two attached hydrogens (primary N) is 1. The van der Waals surface area contributed by atoms with Gasteiger partial charge in [0.2, 0.25) is 0 Å². The fraction of sp³-hybridized carbons (Fsp3) is 0.471. The molecule has 0 atom stereocenters. The molecule has 8 heteroatoms. The third kappa shape index (κ3) is 4.79. The first-order valence-corrected chi connectivity index (χ1v) is 9.43. The zero-order valence-corrected chi connectivity index (χ0v) is 16.6. The smallest absolute Gasteiger partial charge is 0.165 e. The van der Waals surface area contributed by atoms with E-state index in [1.165, 1.54) is 32.4 Å². The van der Waals surface area contributed by atoms with E-state index >= 15 is 0 Å². The largest absolute Gasteiger partial charge is 0.383 e. The van der Waals surface area contributed by atoms with Gasteiger partial charge in [0.1, 0.15) is 5.82 Å². The molecule has 0 saturated carbocycles. The number of halogens is 1. The monoisotopic (exact) mass is 407 g/mol. The topological polar surface area (TPSA) is 86.1 Å². The summed E-state index contributed by atoms with van der Waals surface area (Å²) in [4.78, 5) is 4.32. The molecule has 0 radical (unpaired) electrons. The van der Waals surface area contributed by atoms with Crippen molar-refractivity contribution in [1.82, 2.24) is 29.7 Å². The van der Waals surface area contributed by atoms with Crippen molar-refractivity contribution >= 4 is 27.4 Å². The first-order chi connectivity index (χ1) is 12.2. The van der Waals surface area contributed by atoms with Gasteiger partial charge in [-0.25, -0.2) is 4.98 Å². The lowest BCUT2D eigenvalue weighted by molar-refractivity contribution is 0.520. The minimum absolute atomic E-state index is 0.533. The summed E-state index contributed by atoms with van der Waals surface area (Å²) in [7, 11) is 1.87. The number of hydrogen-bond donors (Lipinski definition) is 2. The third-order valence-corrected chi connectivity index (χ3v) is 4.35. The maximum absolute atomic E-state index is 5.91. The number of nitrogens with one attached hydrogen (secondary N) is 1. The Kier molecular flexibility index (Phi) is 7.39. The van der Waals surface area contributed by atoms with E-state index in [4.69, 9.17) is 5.73 Å². The van der Waals surface area contributed by atoms with Crippen LogP contribution in [0.2, 0.25) is 0 Å². The molecule has 3 N–H and O–H groups in total. The van der Waals surface area contributed by atoms with Crippen molar-refractivity contribution in [2.75, 3.05) is 18.8 Å². The van der Waals surface area contributed by atoms with Crippen LogP contribution in [0.5, 0.6) is 0 Å². The van der Waals surface area contributed by atoms with Gasteiger partial charge in [-0.15, -0.1) is 0 Å². The van der Waals surface area contributed by atoms with Crippen molar-refractivity contribution in [3.8, 4) is 11.1 Å². The molecule has 3 aromatic heterocycles. The number of anilines is 1. The number of hydrogen-bond acceptors (Lipinski definition) is 5. The number of fused-ring (bicyclic) bond motifs is 1. The average Bonchev–Trinajstić information content (AvgIpc) is 3.28. The molecule has 3 aromatic rings. The second kappa shape index (κ2) is 9.53. The molecule has 0 aromatic carbocycles. The highest BCUT2D eigenvalue weighted by molar-refractivity contribution is 9.10. The molecule has 136 valence electrons. The summed E-state index contributed by atoms with van der Waals surface area (Å²) >= 11 is 3.32. The Balaban J connectivity index is 0.000000237. The van der Waals surface area contributed by atoms with E-state index in [0.717, 1.165) is 21.2 Å². The lowest BCUT2D eigenvalue weighted by Gasteiger charge is -2.08. The van der Waals surface area contributed by atoms with Gasteiger partial charge in [0.15, 0.2) is 5.65 Å². The maximum Gasteiger partial charge on any atom is 0.165 e. The number of aryl methyl sites for hydroxylation is 1. The van der Waals surface area contributed by atoms with E-state index in [1.807, 2.05) is 27.1 Å². The van der Waals surface area contributed by atoms with Crippen molar-refractivity contribution in [2.45, 2.75) is 33.1 Å². The summed E-state index contributed by atoms with van der Waals surface area (Å²) in [6, 6.07) is 0. The number of rotatable bonds is 1. The van der Waals surface area contributed by atoms with Crippen LogP contribution in [0.4, 0.5) is 5.82 Å². The predicted molar refractivity (Wildman–Crippen MR) is 105 cm³/mol. The summed E-state index contributed by atoms with van der Waals surface area (Å²) in [6.07, 6.45) is 11.3. The van der Waals surface area contributed by atoms with Crippen LogP contribution in [0.25, 0.3) is 16.8 Å². The van der Waals surface area contributed by atoms with Gasteiger partial charge in [-0.05, 0) is 41.9 Å². The highest BCUT2D eigenvalue weighted by Gasteiger charge is 2.12. The zero-order chi connectivity index (χ0) is 18.2. The summed E-state index contributed by atoms with van der Waals surface area (Å²) in [5.41, 5.74) is 8.51. The average molecular weight is 408 g/mol. The molecule has 0 aliphatic carbocycles. The van der Waals surface area contributed by atoms with Crippen LogP contribution in [-0.2, 0) is 7.05 Å². The summed E-state index contributed by atoms with van der Waals surface area (Å²) in [5, 5.41) is 11.6. The van der Waals surface area contributed by atoms with Crippen LogP contribution in [0, 0.1) is 0 Å². The Morgan fingerprint density at radius 2 is 1.80 bits per heavy atom. The lowest BCUT2D eigenvalue weighted by atomic mass is 10.2. The van der Waals surface area contributed by atoms with Crippen LogP contribution < -0.4 is 11.1 Å². The van der Waals surface area contributed by atoms with Gasteiger partial charge in [-0.1, -0.05) is 20.3 Å². The van der Waals surface area contributed by atoms with Crippen LogP contribution in [0.1, 0.15) is 33.1 Å². The molecule has 1 aliphatic heterocycles. The molecule has 4 rings (SSSR count). The highest BCUT2D eigenvalue weighted by Crippen LogP contribution is 2.26. The molecule has 0 bridgehead atoms. The molecule has 0 spiro atoms. The van der Waals surface area contributed by atoms with E-state index in [0.29, 0.717) is 5.82 Å². The summed E-state index contributed by atoms with van der Waals surface area (Å²) in [5.74, 6) is 0.533. The normalized spacial score (nSPS) is 13.6. The Morgan fingerprint density at radius 3 is 2.32 bits per heavy atom. The highest BCUT2D eigenvalue weighted by atomic mass is 79.9. The molecule has 1 saturated heterocycles. The minimum atomic E-state index is 0.533. The molecule has 0 amide bonds. The van der Waals surface area contributed by atoms with Gasteiger partial charge in [0.05, 0.1) is 16.9 Å². The predicted octanol–water partition coefficient (Wildman–Crippen LogP) is 3.26. The van der Waals surface area contributed by atoms with Crippen molar-refractivity contribution in [3.05, 3.63) is 29.3 Å². The van der Waals surface area contributed by atoms with Crippen molar-refractivity contribution < 1.29 is 0 Å². The van der Waals surface area contributed by atoms with E-state index < -0.39 is 0 Å². The standard InChI is InChI=1S/C10H9BrN6.C5H11N.C2H6/c1-16-5-6(2-14-16)7-3-15-17-9(12)8(11)4-13-10(7)17;1-2-4-6-5-3-1;1-2/h2-5H,12H2,1H3;6H,1-5H2;1-2H3. The second-order valence-electron chi connectivity index (χ2n) is 5.50. The summed E-state index contributed by atoms with van der Waals surface area (Å²) < 4.78 is 4.07. The van der Waals surface area contributed by atoms with Gasteiger partial charge < -0.3 is 11.1 Å². The van der Waals surface area contributed by atoms with Gasteiger partial charge >= 0.3 is 0 Å². The molecule has 1 aliphatic rings. The molecule has 0 unspecified atom stereocenters. The number of nitrogens with zero attached hydrogens (tertiary/aromatic N) is 5. The Morgan fingerprint density at radius 1 is 1.08 bits per heavy atom. The minimum Gasteiger partial charge on any atom is -0.383 e. The van der Waals surface area contributed by atoms with E-state index in [-0.39, 0.29) is 0 Å². The lowest BCUT2D eigenvalue weighted by Crippen LogP contribution is -2.21. The first-order valence-electron chi connectivity index (χ1n) is 8.64. The Labute approximate surface area is 156 Å². The van der Waals surface area contributed by atoms with Crippen LogP contribution in [0.15, 0.2) is 29.3 Å². The van der Waals surface area contributed by atoms with Crippen molar-refractivity contribution in [1.29, 1.82) is 0 Å². The summed E-state index contributed by atoms with van der Waals surface area (Å²) in [6.45, 7) is 6.50. The fourth-order valence-electron chi connectivity index (χ4n) is 2.49. The van der Waals surface area contributed by atoms with Crippen LogP contribution in [0.3, 0.4) is 0 Å². The van der Waals surface area contributed by atoms with E-state index in [2.05, 4.69) is 36.4 Å². The second-order valence-corrected chi connectivity index (χ2v) is 6.35. The number of nitrogen functional groups attached to an aromatic ring is 1. The van der Waals surface area contributed by atoms with E-state index in [1.54, 1.807) is 27.8 Å². The SMILES string of the molecule is C1CCNCC1.CC.Cn1cc(-c2cnn3c(N)c(Br)cnc23)cn1. The van der Waals surface area contributed by atoms with Gasteiger partial charge in [-0.3, -0.25) is 4.68 Å². The van der Waals surface area contributed by atoms with Crippen molar-refractivity contribution in [2.24, 2.45) is 7.05 Å². The van der Waals surface area contributed by atoms with Gasteiger partial charge in [-0.2, -0.15) is 14.7 Å². The molecule has 7 nitrogen and oxygen atoms in total. The molecular formula is C17H26BrN7. The van der Waals surface area contributed by atoms with Crippen LogP contribution in [-0.4, -0.2) is 37.5 Å². The van der Waals surface area contributed by atoms with Crippen LogP contribution >= 0.6 is 15.9 Å². The van der Waals surface area contributed by atoms with Crippen molar-refractivity contribution in [3.63, 3.8) is 0 Å². The quantitative estimate of drug-likeness (QED) is 0.646. The van der Waals surface area contributed by atoms with E-state index in [9.17, 15) is 0 Å². The molecule has 1 fully saturated rings. The molecule has 4 heterocycles. The Hall–Kier alpha value is -1.93. The maximum atomic E-state index is 5.91. The third-order valence-electron chi connectivity index (χ3n) is 3.74. The number of piperidine rings is 1.